The van der Waals surface area contributed by atoms with E-state index in [1.54, 1.807) is 6.07 Å². The number of rotatable bonds is 3. The average molecular weight is 294 g/mol. The molecule has 0 saturated carbocycles. The zero-order chi connectivity index (χ0) is 15.5. The van der Waals surface area contributed by atoms with E-state index in [0.717, 1.165) is 10.8 Å². The molecule has 22 heavy (non-hydrogen) atoms. The van der Waals surface area contributed by atoms with Crippen LogP contribution in [0.15, 0.2) is 48.8 Å². The van der Waals surface area contributed by atoms with Crippen molar-refractivity contribution in [2.24, 2.45) is 0 Å². The predicted molar refractivity (Wildman–Crippen MR) is 85.9 cm³/mol. The maximum absolute atomic E-state index is 12.3. The first-order chi connectivity index (χ1) is 10.7. The fraction of sp³-hybridized carbons (Fsp3) is 0. The molecule has 0 bridgehead atoms. The molecule has 0 aliphatic heterocycles. The maximum atomic E-state index is 12.3. The Balaban J connectivity index is 1.84. The Morgan fingerprint density at radius 2 is 1.77 bits per heavy atom. The van der Waals surface area contributed by atoms with Crippen molar-refractivity contribution in [1.29, 1.82) is 0 Å². The van der Waals surface area contributed by atoms with Crippen LogP contribution in [0, 0.1) is 0 Å². The number of nitrogens with one attached hydrogen (secondary N) is 2. The van der Waals surface area contributed by atoms with Gasteiger partial charge in [0.25, 0.3) is 5.91 Å². The first-order valence-electron chi connectivity index (χ1n) is 6.57. The van der Waals surface area contributed by atoms with Crippen LogP contribution in [0.4, 0.5) is 17.3 Å². The van der Waals surface area contributed by atoms with Gasteiger partial charge in [-0.2, -0.15) is 0 Å². The zero-order valence-corrected chi connectivity index (χ0v) is 11.6. The minimum absolute atomic E-state index is 0.150. The maximum Gasteiger partial charge on any atom is 0.270 e. The van der Waals surface area contributed by atoms with E-state index in [-0.39, 0.29) is 23.2 Å². The number of nitrogens with two attached hydrogens (primary N) is 2. The molecule has 0 saturated heterocycles. The van der Waals surface area contributed by atoms with Crippen molar-refractivity contribution >= 4 is 34.0 Å². The van der Waals surface area contributed by atoms with Gasteiger partial charge in [0.05, 0.1) is 0 Å². The van der Waals surface area contributed by atoms with Crippen molar-refractivity contribution in [1.82, 2.24) is 15.4 Å². The van der Waals surface area contributed by atoms with E-state index < -0.39 is 0 Å². The number of aromatic nitrogens is 2. The van der Waals surface area contributed by atoms with E-state index >= 15 is 0 Å². The molecule has 1 aromatic heterocycles. The number of amides is 1. The molecular formula is C15H14N6O. The van der Waals surface area contributed by atoms with Gasteiger partial charge in [0, 0.05) is 5.56 Å². The lowest BCUT2D eigenvalue weighted by molar-refractivity contribution is 0.0964. The molecule has 7 nitrogen and oxygen atoms in total. The summed E-state index contributed by atoms with van der Waals surface area (Å²) in [6, 6.07) is 13.2. The molecule has 3 rings (SSSR count). The third kappa shape index (κ3) is 2.47. The van der Waals surface area contributed by atoms with Gasteiger partial charge >= 0.3 is 0 Å². The molecule has 0 radical (unpaired) electrons. The van der Waals surface area contributed by atoms with Crippen molar-refractivity contribution in [3.8, 4) is 0 Å². The lowest BCUT2D eigenvalue weighted by Crippen LogP contribution is -2.30. The third-order valence-electron chi connectivity index (χ3n) is 3.24. The first-order valence-corrected chi connectivity index (χ1v) is 6.57. The number of fused-ring (bicyclic) bond motifs is 1. The van der Waals surface area contributed by atoms with Crippen LogP contribution >= 0.6 is 0 Å². The van der Waals surface area contributed by atoms with E-state index in [1.165, 1.54) is 6.33 Å². The highest BCUT2D eigenvalue weighted by Gasteiger charge is 2.11. The molecule has 0 spiro atoms. The van der Waals surface area contributed by atoms with Gasteiger partial charge in [0.15, 0.2) is 11.6 Å². The Hall–Kier alpha value is -3.35. The van der Waals surface area contributed by atoms with E-state index in [4.69, 9.17) is 11.5 Å². The number of hydrogen-bond acceptors (Lipinski definition) is 6. The minimum atomic E-state index is -0.298. The number of anilines is 3. The van der Waals surface area contributed by atoms with Gasteiger partial charge in [-0.3, -0.25) is 15.6 Å². The molecule has 1 heterocycles. The van der Waals surface area contributed by atoms with Crippen molar-refractivity contribution in [3.05, 3.63) is 54.4 Å². The second-order valence-electron chi connectivity index (χ2n) is 4.63. The predicted octanol–water partition coefficient (Wildman–Crippen LogP) is 1.55. The number of hydrazine groups is 1. The molecule has 2 aromatic carbocycles. The van der Waals surface area contributed by atoms with Crippen LogP contribution in [0.1, 0.15) is 10.4 Å². The van der Waals surface area contributed by atoms with Gasteiger partial charge in [0.2, 0.25) is 0 Å². The number of benzene rings is 2. The minimum Gasteiger partial charge on any atom is -0.393 e. The molecule has 0 aliphatic rings. The van der Waals surface area contributed by atoms with Crippen LogP contribution in [0.5, 0.6) is 0 Å². The summed E-state index contributed by atoms with van der Waals surface area (Å²) >= 11 is 0. The van der Waals surface area contributed by atoms with Crippen LogP contribution in [-0.2, 0) is 0 Å². The SMILES string of the molecule is Nc1ncnc(NNC(=O)c2cccc3ccccc23)c1N. The Bertz CT molecular complexity index is 843. The highest BCUT2D eigenvalue weighted by molar-refractivity contribution is 6.07. The van der Waals surface area contributed by atoms with Crippen LogP contribution in [0.25, 0.3) is 10.8 Å². The lowest BCUT2D eigenvalue weighted by Gasteiger charge is -2.11. The highest BCUT2D eigenvalue weighted by Crippen LogP contribution is 2.20. The van der Waals surface area contributed by atoms with Crippen LogP contribution in [-0.4, -0.2) is 15.9 Å². The second-order valence-corrected chi connectivity index (χ2v) is 4.63. The zero-order valence-electron chi connectivity index (χ0n) is 11.6. The van der Waals surface area contributed by atoms with E-state index in [1.807, 2.05) is 36.4 Å². The normalized spacial score (nSPS) is 10.4. The van der Waals surface area contributed by atoms with Crippen molar-refractivity contribution in [3.63, 3.8) is 0 Å². The average Bonchev–Trinajstić information content (AvgIpc) is 2.55. The lowest BCUT2D eigenvalue weighted by atomic mass is 10.0. The Morgan fingerprint density at radius 3 is 2.64 bits per heavy atom. The standard InChI is InChI=1S/C15H14N6O/c16-12-13(17)18-8-19-14(12)20-21-15(22)11-7-3-5-9-4-1-2-6-10(9)11/h1-8H,16H2,(H,21,22)(H3,17,18,19,20). The number of nitrogens with zero attached hydrogens (tertiary/aromatic N) is 2. The van der Waals surface area contributed by atoms with Gasteiger partial charge in [0.1, 0.15) is 12.0 Å². The fourth-order valence-electron chi connectivity index (χ4n) is 2.12. The van der Waals surface area contributed by atoms with Gasteiger partial charge in [-0.05, 0) is 16.8 Å². The first kappa shape index (κ1) is 13.6. The van der Waals surface area contributed by atoms with Crippen LogP contribution < -0.4 is 22.3 Å². The van der Waals surface area contributed by atoms with Crippen LogP contribution in [0.3, 0.4) is 0 Å². The van der Waals surface area contributed by atoms with Gasteiger partial charge < -0.3 is 11.5 Å². The molecule has 7 heteroatoms. The molecule has 0 fully saturated rings. The molecule has 0 atom stereocenters. The molecule has 3 aromatic rings. The second kappa shape index (κ2) is 5.57. The fourth-order valence-corrected chi connectivity index (χ4v) is 2.12. The van der Waals surface area contributed by atoms with Crippen molar-refractivity contribution in [2.45, 2.75) is 0 Å². The number of nitrogen functional groups attached to an aromatic ring is 2. The topological polar surface area (TPSA) is 119 Å². The van der Waals surface area contributed by atoms with E-state index in [2.05, 4.69) is 20.8 Å². The smallest absolute Gasteiger partial charge is 0.270 e. The summed E-state index contributed by atoms with van der Waals surface area (Å²) in [7, 11) is 0. The highest BCUT2D eigenvalue weighted by atomic mass is 16.2. The van der Waals surface area contributed by atoms with Gasteiger partial charge in [-0.25, -0.2) is 9.97 Å². The van der Waals surface area contributed by atoms with Crippen LogP contribution in [0.2, 0.25) is 0 Å². The quantitative estimate of drug-likeness (QED) is 0.544. The van der Waals surface area contributed by atoms with Gasteiger partial charge in [-0.1, -0.05) is 36.4 Å². The summed E-state index contributed by atoms with van der Waals surface area (Å²) in [5, 5.41) is 1.85. The Kier molecular flexibility index (Phi) is 3.45. The third-order valence-corrected chi connectivity index (χ3v) is 3.24. The molecule has 0 aliphatic carbocycles. The number of hydrogen-bond donors (Lipinski definition) is 4. The monoisotopic (exact) mass is 294 g/mol. The largest absolute Gasteiger partial charge is 0.393 e. The van der Waals surface area contributed by atoms with Crippen molar-refractivity contribution < 1.29 is 4.79 Å². The summed E-state index contributed by atoms with van der Waals surface area (Å²) in [5.74, 6) is 0.103. The molecule has 0 unspecified atom stereocenters. The van der Waals surface area contributed by atoms with Gasteiger partial charge in [-0.15, -0.1) is 0 Å². The molecule has 6 N–H and O–H groups in total. The summed E-state index contributed by atoms with van der Waals surface area (Å²) in [6.07, 6.45) is 1.26. The van der Waals surface area contributed by atoms with E-state index in [9.17, 15) is 4.79 Å². The summed E-state index contributed by atoms with van der Waals surface area (Å²) < 4.78 is 0. The van der Waals surface area contributed by atoms with E-state index in [0.29, 0.717) is 5.56 Å². The summed E-state index contributed by atoms with van der Waals surface area (Å²) in [6.45, 7) is 0. The van der Waals surface area contributed by atoms with Crippen molar-refractivity contribution in [2.75, 3.05) is 16.9 Å². The molecule has 110 valence electrons. The Labute approximate surface area is 126 Å². The molecular weight excluding hydrogens is 280 g/mol. The molecule has 1 amide bonds. The summed E-state index contributed by atoms with van der Waals surface area (Å²) in [5.41, 5.74) is 17.3. The number of carbonyl (C=O) groups excluding carboxylic acids is 1. The summed E-state index contributed by atoms with van der Waals surface area (Å²) in [4.78, 5) is 20.0. The Morgan fingerprint density at radius 1 is 1.00 bits per heavy atom. The number of carbonyl (C=O) groups is 1.